The van der Waals surface area contributed by atoms with Crippen LogP contribution >= 0.6 is 0 Å². The van der Waals surface area contributed by atoms with Crippen LogP contribution in [0.4, 0.5) is 0 Å². The van der Waals surface area contributed by atoms with E-state index in [2.05, 4.69) is 10.2 Å². The zero-order valence-corrected chi connectivity index (χ0v) is 6.57. The monoisotopic (exact) mass is 162 g/mol. The van der Waals surface area contributed by atoms with Gasteiger partial charge < -0.3 is 10.3 Å². The molecule has 0 fully saturated rings. The third-order valence-electron chi connectivity index (χ3n) is 1.78. The van der Waals surface area contributed by atoms with Gasteiger partial charge in [-0.3, -0.25) is 5.10 Å². The molecule has 2 rings (SSSR count). The van der Waals surface area contributed by atoms with Crippen LogP contribution in [0.15, 0.2) is 30.7 Å². The maximum absolute atomic E-state index is 5.53. The van der Waals surface area contributed by atoms with Crippen molar-refractivity contribution in [3.8, 4) is 5.82 Å². The predicted molar refractivity (Wildman–Crippen MR) is 45.8 cm³/mol. The van der Waals surface area contributed by atoms with E-state index in [0.29, 0.717) is 6.54 Å². The smallest absolute Gasteiger partial charge is 0.136 e. The van der Waals surface area contributed by atoms with Crippen LogP contribution in [0.2, 0.25) is 0 Å². The van der Waals surface area contributed by atoms with Gasteiger partial charge in [-0.15, -0.1) is 0 Å². The van der Waals surface area contributed by atoms with Crippen LogP contribution in [-0.4, -0.2) is 14.8 Å². The van der Waals surface area contributed by atoms with Crippen LogP contribution in [0.25, 0.3) is 5.82 Å². The Hall–Kier alpha value is -1.55. The first-order chi connectivity index (χ1) is 5.92. The van der Waals surface area contributed by atoms with E-state index in [1.54, 1.807) is 6.20 Å². The number of aromatic amines is 1. The van der Waals surface area contributed by atoms with Crippen molar-refractivity contribution in [1.82, 2.24) is 14.8 Å². The first-order valence-corrected chi connectivity index (χ1v) is 3.77. The quantitative estimate of drug-likeness (QED) is 0.681. The molecule has 0 aliphatic rings. The average molecular weight is 162 g/mol. The van der Waals surface area contributed by atoms with Crippen LogP contribution in [0.5, 0.6) is 0 Å². The number of H-pyrrole nitrogens is 1. The fraction of sp³-hybridized carbons (Fsp3) is 0.125. The Morgan fingerprint density at radius 3 is 2.83 bits per heavy atom. The van der Waals surface area contributed by atoms with Crippen LogP contribution in [0.3, 0.4) is 0 Å². The molecule has 0 bridgehead atoms. The number of rotatable bonds is 2. The summed E-state index contributed by atoms with van der Waals surface area (Å²) < 4.78 is 1.95. The number of nitrogens with two attached hydrogens (primary N) is 1. The zero-order valence-electron chi connectivity index (χ0n) is 6.57. The Morgan fingerprint density at radius 1 is 1.42 bits per heavy atom. The molecule has 0 radical (unpaired) electrons. The summed E-state index contributed by atoms with van der Waals surface area (Å²) >= 11 is 0. The van der Waals surface area contributed by atoms with E-state index in [4.69, 9.17) is 5.73 Å². The second kappa shape index (κ2) is 2.83. The molecular formula is C8H10N4. The standard InChI is InChI=1S/C8H10N4/c9-5-7-6-10-11-8(7)12-3-1-2-4-12/h1-4,6H,5,9H2,(H,10,11). The molecule has 4 nitrogen and oxygen atoms in total. The molecule has 0 amide bonds. The van der Waals surface area contributed by atoms with Crippen molar-refractivity contribution in [3.05, 3.63) is 36.3 Å². The van der Waals surface area contributed by atoms with Gasteiger partial charge in [-0.05, 0) is 12.1 Å². The van der Waals surface area contributed by atoms with E-state index in [1.807, 2.05) is 29.1 Å². The van der Waals surface area contributed by atoms with Gasteiger partial charge >= 0.3 is 0 Å². The third kappa shape index (κ3) is 1.02. The highest BCUT2D eigenvalue weighted by molar-refractivity contribution is 5.31. The summed E-state index contributed by atoms with van der Waals surface area (Å²) in [6.07, 6.45) is 5.65. The first kappa shape index (κ1) is 7.12. The van der Waals surface area contributed by atoms with Gasteiger partial charge in [-0.25, -0.2) is 0 Å². The highest BCUT2D eigenvalue weighted by Crippen LogP contribution is 2.09. The lowest BCUT2D eigenvalue weighted by Gasteiger charge is -2.00. The minimum Gasteiger partial charge on any atom is -0.326 e. The van der Waals surface area contributed by atoms with E-state index in [1.165, 1.54) is 0 Å². The number of hydrogen-bond acceptors (Lipinski definition) is 2. The summed E-state index contributed by atoms with van der Waals surface area (Å²) in [4.78, 5) is 0. The van der Waals surface area contributed by atoms with Gasteiger partial charge in [0, 0.05) is 24.5 Å². The van der Waals surface area contributed by atoms with E-state index in [-0.39, 0.29) is 0 Å². The van der Waals surface area contributed by atoms with Crippen molar-refractivity contribution < 1.29 is 0 Å². The first-order valence-electron chi connectivity index (χ1n) is 3.77. The van der Waals surface area contributed by atoms with Gasteiger partial charge in [-0.2, -0.15) is 5.10 Å². The molecule has 0 saturated carbocycles. The number of nitrogens with zero attached hydrogens (tertiary/aromatic N) is 2. The molecule has 4 heteroatoms. The molecule has 0 spiro atoms. The van der Waals surface area contributed by atoms with Crippen molar-refractivity contribution >= 4 is 0 Å². The predicted octanol–water partition coefficient (Wildman–Crippen LogP) is 0.659. The molecule has 0 unspecified atom stereocenters. The van der Waals surface area contributed by atoms with E-state index >= 15 is 0 Å². The Kier molecular flexibility index (Phi) is 1.68. The SMILES string of the molecule is NCc1cn[nH]c1-n1cccc1. The van der Waals surface area contributed by atoms with E-state index in [0.717, 1.165) is 11.4 Å². The third-order valence-corrected chi connectivity index (χ3v) is 1.78. The molecule has 2 heterocycles. The number of nitrogens with one attached hydrogen (secondary N) is 1. The summed E-state index contributed by atoms with van der Waals surface area (Å²) in [7, 11) is 0. The lowest BCUT2D eigenvalue weighted by Crippen LogP contribution is -2.00. The normalized spacial score (nSPS) is 10.4. The molecule has 2 aromatic rings. The minimum atomic E-state index is 0.504. The molecule has 0 atom stereocenters. The van der Waals surface area contributed by atoms with E-state index < -0.39 is 0 Å². The topological polar surface area (TPSA) is 59.6 Å². The largest absolute Gasteiger partial charge is 0.326 e. The van der Waals surface area contributed by atoms with Gasteiger partial charge in [0.15, 0.2) is 0 Å². The molecule has 62 valence electrons. The molecular weight excluding hydrogens is 152 g/mol. The Balaban J connectivity index is 2.46. The van der Waals surface area contributed by atoms with Crippen molar-refractivity contribution in [3.63, 3.8) is 0 Å². The Labute approximate surface area is 70.0 Å². The molecule has 12 heavy (non-hydrogen) atoms. The van der Waals surface area contributed by atoms with Crippen molar-refractivity contribution in [2.24, 2.45) is 5.73 Å². The maximum atomic E-state index is 5.53. The van der Waals surface area contributed by atoms with Crippen molar-refractivity contribution in [2.45, 2.75) is 6.54 Å². The summed E-state index contributed by atoms with van der Waals surface area (Å²) in [5, 5.41) is 6.82. The number of aromatic nitrogens is 3. The van der Waals surface area contributed by atoms with Crippen molar-refractivity contribution in [1.29, 1.82) is 0 Å². The molecule has 0 aliphatic heterocycles. The van der Waals surface area contributed by atoms with Crippen LogP contribution in [0, 0.1) is 0 Å². The summed E-state index contributed by atoms with van der Waals surface area (Å²) in [6, 6.07) is 3.92. The molecule has 3 N–H and O–H groups in total. The van der Waals surface area contributed by atoms with Crippen LogP contribution in [-0.2, 0) is 6.54 Å². The highest BCUT2D eigenvalue weighted by atomic mass is 15.2. The fourth-order valence-electron chi connectivity index (χ4n) is 1.16. The maximum Gasteiger partial charge on any atom is 0.136 e. The van der Waals surface area contributed by atoms with Gasteiger partial charge in [-0.1, -0.05) is 0 Å². The van der Waals surface area contributed by atoms with Gasteiger partial charge in [0.1, 0.15) is 5.82 Å². The van der Waals surface area contributed by atoms with E-state index in [9.17, 15) is 0 Å². The average Bonchev–Trinajstić information content (AvgIpc) is 2.74. The lowest BCUT2D eigenvalue weighted by molar-refractivity contribution is 0.943. The number of hydrogen-bond donors (Lipinski definition) is 2. The summed E-state index contributed by atoms with van der Waals surface area (Å²) in [5.74, 6) is 0.947. The molecule has 0 aromatic carbocycles. The van der Waals surface area contributed by atoms with Gasteiger partial charge in [0.25, 0.3) is 0 Å². The Morgan fingerprint density at radius 2 is 2.17 bits per heavy atom. The van der Waals surface area contributed by atoms with Crippen LogP contribution in [0.1, 0.15) is 5.56 Å². The fourth-order valence-corrected chi connectivity index (χ4v) is 1.16. The van der Waals surface area contributed by atoms with Crippen molar-refractivity contribution in [2.75, 3.05) is 0 Å². The zero-order chi connectivity index (χ0) is 8.39. The Bertz CT molecular complexity index is 347. The van der Waals surface area contributed by atoms with Crippen LogP contribution < -0.4 is 5.73 Å². The second-order valence-corrected chi connectivity index (χ2v) is 2.54. The molecule has 2 aromatic heterocycles. The summed E-state index contributed by atoms with van der Waals surface area (Å²) in [5.41, 5.74) is 6.55. The van der Waals surface area contributed by atoms with Gasteiger partial charge in [0.2, 0.25) is 0 Å². The highest BCUT2D eigenvalue weighted by Gasteiger charge is 2.02. The second-order valence-electron chi connectivity index (χ2n) is 2.54. The molecule has 0 saturated heterocycles. The molecule has 0 aliphatic carbocycles. The summed E-state index contributed by atoms with van der Waals surface area (Å²) in [6.45, 7) is 0.504. The van der Waals surface area contributed by atoms with Gasteiger partial charge in [0.05, 0.1) is 6.20 Å². The lowest BCUT2D eigenvalue weighted by atomic mass is 10.3. The minimum absolute atomic E-state index is 0.504.